The summed E-state index contributed by atoms with van der Waals surface area (Å²) in [4.78, 5) is 11.7. The first-order valence-electron chi connectivity index (χ1n) is 6.26. The number of carbonyl (C=O) groups is 1. The highest BCUT2D eigenvalue weighted by Crippen LogP contribution is 2.12. The van der Waals surface area contributed by atoms with E-state index < -0.39 is 0 Å². The van der Waals surface area contributed by atoms with Crippen LogP contribution < -0.4 is 10.1 Å². The number of hydrogen-bond acceptors (Lipinski definition) is 3. The lowest BCUT2D eigenvalue weighted by atomic mass is 10.2. The second-order valence-electron chi connectivity index (χ2n) is 4.27. The average molecular weight is 271 g/mol. The molecule has 1 heterocycles. The van der Waals surface area contributed by atoms with Crippen molar-refractivity contribution in [2.24, 2.45) is 7.05 Å². The standard InChI is InChI=1S/C15H17N3O2/c1-18-13(9-10-17-18)11-16-15(19)8-5-12-3-6-14(20-2)7-4-12/h3-10H,11H2,1-2H3,(H,16,19)/b8-5+. The highest BCUT2D eigenvalue weighted by Gasteiger charge is 2.00. The lowest BCUT2D eigenvalue weighted by Crippen LogP contribution is -2.21. The minimum Gasteiger partial charge on any atom is -0.497 e. The van der Waals surface area contributed by atoms with Crippen molar-refractivity contribution in [3.8, 4) is 5.75 Å². The highest BCUT2D eigenvalue weighted by molar-refractivity contribution is 5.91. The van der Waals surface area contributed by atoms with E-state index in [-0.39, 0.29) is 5.91 Å². The van der Waals surface area contributed by atoms with Crippen LogP contribution in [-0.2, 0) is 18.4 Å². The molecule has 104 valence electrons. The molecule has 0 saturated heterocycles. The molecule has 0 radical (unpaired) electrons. The summed E-state index contributed by atoms with van der Waals surface area (Å²) < 4.78 is 6.80. The summed E-state index contributed by atoms with van der Waals surface area (Å²) in [5, 5.41) is 6.85. The van der Waals surface area contributed by atoms with Gasteiger partial charge in [0.15, 0.2) is 0 Å². The lowest BCUT2D eigenvalue weighted by Gasteiger charge is -2.02. The molecule has 0 spiro atoms. The van der Waals surface area contributed by atoms with Crippen molar-refractivity contribution in [2.45, 2.75) is 6.54 Å². The Balaban J connectivity index is 1.87. The lowest BCUT2D eigenvalue weighted by molar-refractivity contribution is -0.116. The zero-order valence-corrected chi connectivity index (χ0v) is 11.5. The summed E-state index contributed by atoms with van der Waals surface area (Å²) in [6.07, 6.45) is 4.98. The summed E-state index contributed by atoms with van der Waals surface area (Å²) in [6, 6.07) is 9.36. The van der Waals surface area contributed by atoms with Gasteiger partial charge in [0.1, 0.15) is 5.75 Å². The van der Waals surface area contributed by atoms with E-state index in [1.165, 1.54) is 6.08 Å². The van der Waals surface area contributed by atoms with E-state index in [1.807, 2.05) is 37.4 Å². The molecular formula is C15H17N3O2. The molecule has 0 aliphatic carbocycles. The van der Waals surface area contributed by atoms with Gasteiger partial charge in [-0.2, -0.15) is 5.10 Å². The summed E-state index contributed by atoms with van der Waals surface area (Å²) in [5.74, 6) is 0.657. The van der Waals surface area contributed by atoms with Crippen LogP contribution in [-0.4, -0.2) is 22.8 Å². The number of aromatic nitrogens is 2. The third kappa shape index (κ3) is 3.71. The van der Waals surface area contributed by atoms with Crippen molar-refractivity contribution in [1.29, 1.82) is 0 Å². The molecule has 2 aromatic rings. The molecule has 1 amide bonds. The summed E-state index contributed by atoms with van der Waals surface area (Å²) in [7, 11) is 3.46. The molecule has 0 aliphatic heterocycles. The molecule has 0 saturated carbocycles. The number of hydrogen-bond donors (Lipinski definition) is 1. The molecule has 0 aliphatic rings. The smallest absolute Gasteiger partial charge is 0.244 e. The molecule has 5 nitrogen and oxygen atoms in total. The minimum atomic E-state index is -0.137. The maximum absolute atomic E-state index is 11.7. The van der Waals surface area contributed by atoms with Crippen LogP contribution in [0.5, 0.6) is 5.75 Å². The van der Waals surface area contributed by atoms with Crippen molar-refractivity contribution in [1.82, 2.24) is 15.1 Å². The number of ether oxygens (including phenoxy) is 1. The number of rotatable bonds is 5. The van der Waals surface area contributed by atoms with Crippen LogP contribution in [0.4, 0.5) is 0 Å². The Morgan fingerprint density at radius 2 is 2.10 bits per heavy atom. The first kappa shape index (κ1) is 13.9. The molecule has 2 rings (SSSR count). The van der Waals surface area contributed by atoms with Crippen molar-refractivity contribution >= 4 is 12.0 Å². The van der Waals surface area contributed by atoms with E-state index in [0.717, 1.165) is 17.0 Å². The number of benzene rings is 1. The van der Waals surface area contributed by atoms with Gasteiger partial charge in [0.25, 0.3) is 0 Å². The van der Waals surface area contributed by atoms with Gasteiger partial charge in [-0.3, -0.25) is 9.48 Å². The monoisotopic (exact) mass is 271 g/mol. The number of methoxy groups -OCH3 is 1. The fourth-order valence-corrected chi connectivity index (χ4v) is 1.70. The predicted molar refractivity (Wildman–Crippen MR) is 77.1 cm³/mol. The maximum atomic E-state index is 11.7. The number of nitrogens with zero attached hydrogens (tertiary/aromatic N) is 2. The Labute approximate surface area is 117 Å². The van der Waals surface area contributed by atoms with Crippen LogP contribution in [0.3, 0.4) is 0 Å². The molecule has 0 fully saturated rings. The van der Waals surface area contributed by atoms with Crippen molar-refractivity contribution < 1.29 is 9.53 Å². The number of aryl methyl sites for hydroxylation is 1. The van der Waals surface area contributed by atoms with Crippen molar-refractivity contribution in [3.63, 3.8) is 0 Å². The van der Waals surface area contributed by atoms with Crippen molar-refractivity contribution in [2.75, 3.05) is 7.11 Å². The van der Waals surface area contributed by atoms with E-state index in [9.17, 15) is 4.79 Å². The van der Waals surface area contributed by atoms with Crippen LogP contribution >= 0.6 is 0 Å². The van der Waals surface area contributed by atoms with Gasteiger partial charge in [-0.05, 0) is 29.8 Å². The largest absolute Gasteiger partial charge is 0.497 e. The Morgan fingerprint density at radius 3 is 2.70 bits per heavy atom. The van der Waals surface area contributed by atoms with E-state index in [2.05, 4.69) is 10.4 Å². The number of amides is 1. The summed E-state index contributed by atoms with van der Waals surface area (Å²) >= 11 is 0. The van der Waals surface area contributed by atoms with E-state index in [4.69, 9.17) is 4.74 Å². The Hall–Kier alpha value is -2.56. The van der Waals surface area contributed by atoms with Gasteiger partial charge in [0.05, 0.1) is 19.3 Å². The summed E-state index contributed by atoms with van der Waals surface area (Å²) in [5.41, 5.74) is 1.90. The van der Waals surface area contributed by atoms with E-state index in [1.54, 1.807) is 24.1 Å². The molecule has 5 heteroatoms. The zero-order valence-electron chi connectivity index (χ0n) is 11.5. The molecule has 0 unspecified atom stereocenters. The fourth-order valence-electron chi connectivity index (χ4n) is 1.70. The van der Waals surface area contributed by atoms with Crippen LogP contribution in [0.2, 0.25) is 0 Å². The minimum absolute atomic E-state index is 0.137. The Bertz CT molecular complexity index is 600. The predicted octanol–water partition coefficient (Wildman–Crippen LogP) is 1.76. The topological polar surface area (TPSA) is 56.1 Å². The molecule has 0 bridgehead atoms. The maximum Gasteiger partial charge on any atom is 0.244 e. The van der Waals surface area contributed by atoms with Crippen LogP contribution in [0.15, 0.2) is 42.6 Å². The van der Waals surface area contributed by atoms with Gasteiger partial charge in [0.2, 0.25) is 5.91 Å². The van der Waals surface area contributed by atoms with Gasteiger partial charge in [-0.1, -0.05) is 12.1 Å². The fraction of sp³-hybridized carbons (Fsp3) is 0.200. The van der Waals surface area contributed by atoms with Crippen LogP contribution in [0.1, 0.15) is 11.3 Å². The molecular weight excluding hydrogens is 254 g/mol. The van der Waals surface area contributed by atoms with Gasteiger partial charge < -0.3 is 10.1 Å². The highest BCUT2D eigenvalue weighted by atomic mass is 16.5. The SMILES string of the molecule is COc1ccc(/C=C/C(=O)NCc2ccnn2C)cc1. The number of nitrogens with one attached hydrogen (secondary N) is 1. The van der Waals surface area contributed by atoms with Gasteiger partial charge in [0, 0.05) is 19.3 Å². The van der Waals surface area contributed by atoms with Gasteiger partial charge in [-0.15, -0.1) is 0 Å². The Kier molecular flexibility index (Phi) is 4.55. The molecule has 1 N–H and O–H groups in total. The third-order valence-corrected chi connectivity index (χ3v) is 2.91. The van der Waals surface area contributed by atoms with Crippen LogP contribution in [0.25, 0.3) is 6.08 Å². The van der Waals surface area contributed by atoms with E-state index >= 15 is 0 Å². The normalized spacial score (nSPS) is 10.7. The molecule has 0 atom stereocenters. The van der Waals surface area contributed by atoms with Crippen LogP contribution in [0, 0.1) is 0 Å². The molecule has 1 aromatic heterocycles. The third-order valence-electron chi connectivity index (χ3n) is 2.91. The second kappa shape index (κ2) is 6.56. The second-order valence-corrected chi connectivity index (χ2v) is 4.27. The van der Waals surface area contributed by atoms with E-state index in [0.29, 0.717) is 6.54 Å². The first-order chi connectivity index (χ1) is 9.69. The van der Waals surface area contributed by atoms with Gasteiger partial charge >= 0.3 is 0 Å². The quantitative estimate of drug-likeness (QED) is 0.843. The van der Waals surface area contributed by atoms with Gasteiger partial charge in [-0.25, -0.2) is 0 Å². The Morgan fingerprint density at radius 1 is 1.35 bits per heavy atom. The number of carbonyl (C=O) groups excluding carboxylic acids is 1. The average Bonchev–Trinajstić information content (AvgIpc) is 2.89. The molecule has 20 heavy (non-hydrogen) atoms. The zero-order chi connectivity index (χ0) is 14.4. The van der Waals surface area contributed by atoms with Crippen molar-refractivity contribution in [3.05, 3.63) is 53.9 Å². The summed E-state index contributed by atoms with van der Waals surface area (Å²) in [6.45, 7) is 0.461. The first-order valence-corrected chi connectivity index (χ1v) is 6.26. The molecule has 1 aromatic carbocycles.